The summed E-state index contributed by atoms with van der Waals surface area (Å²) in [6, 6.07) is 9.51. The quantitative estimate of drug-likeness (QED) is 0.576. The van der Waals surface area contributed by atoms with Crippen molar-refractivity contribution in [3.63, 3.8) is 0 Å². The third-order valence-corrected chi connectivity index (χ3v) is 5.92. The van der Waals surface area contributed by atoms with Gasteiger partial charge in [-0.1, -0.05) is 18.2 Å². The van der Waals surface area contributed by atoms with E-state index in [1.807, 2.05) is 0 Å². The Bertz CT molecular complexity index is 1140. The van der Waals surface area contributed by atoms with Crippen molar-refractivity contribution in [1.82, 2.24) is 20.7 Å². The van der Waals surface area contributed by atoms with Crippen LogP contribution in [0.4, 0.5) is 0 Å². The second-order valence-electron chi connectivity index (χ2n) is 8.82. The van der Waals surface area contributed by atoms with E-state index < -0.39 is 23.9 Å². The monoisotopic (exact) mass is 496 g/mol. The lowest BCUT2D eigenvalue weighted by Crippen LogP contribution is -2.53. The molecule has 36 heavy (non-hydrogen) atoms. The summed E-state index contributed by atoms with van der Waals surface area (Å²) in [6.07, 6.45) is -0.00302. The first-order chi connectivity index (χ1) is 17.1. The van der Waals surface area contributed by atoms with Gasteiger partial charge in [0, 0.05) is 24.7 Å². The predicted molar refractivity (Wildman–Crippen MR) is 132 cm³/mol. The minimum atomic E-state index is -1.09. The molecule has 0 bridgehead atoms. The van der Waals surface area contributed by atoms with Crippen LogP contribution in [0.3, 0.4) is 0 Å². The van der Waals surface area contributed by atoms with Gasteiger partial charge in [-0.15, -0.1) is 0 Å². The molecule has 2 aromatic rings. The number of amides is 4. The van der Waals surface area contributed by atoms with E-state index in [1.54, 1.807) is 56.3 Å². The van der Waals surface area contributed by atoms with Gasteiger partial charge in [0.1, 0.15) is 23.6 Å². The Morgan fingerprint density at radius 3 is 2.19 bits per heavy atom. The SMILES string of the molecule is COc1cc(CC(=O)N[C@@H](C)C(=O)NC2C(=O)N(C)N(C(C)C)C(=O)c3ccccc32)cc(OC)c1. The Labute approximate surface area is 210 Å². The van der Waals surface area contributed by atoms with Crippen LogP contribution in [-0.2, 0) is 20.8 Å². The summed E-state index contributed by atoms with van der Waals surface area (Å²) < 4.78 is 10.5. The number of rotatable bonds is 8. The molecular weight excluding hydrogens is 464 g/mol. The third kappa shape index (κ3) is 5.59. The van der Waals surface area contributed by atoms with Gasteiger partial charge in [0.25, 0.3) is 11.8 Å². The number of methoxy groups -OCH3 is 2. The molecule has 0 spiro atoms. The van der Waals surface area contributed by atoms with Crippen LogP contribution in [0.5, 0.6) is 11.5 Å². The minimum Gasteiger partial charge on any atom is -0.497 e. The van der Waals surface area contributed by atoms with Crippen molar-refractivity contribution in [3.8, 4) is 11.5 Å². The zero-order chi connectivity index (χ0) is 26.6. The van der Waals surface area contributed by atoms with Crippen LogP contribution in [0.1, 0.15) is 48.3 Å². The van der Waals surface area contributed by atoms with Crippen LogP contribution in [0.2, 0.25) is 0 Å². The maximum absolute atomic E-state index is 13.3. The number of carbonyl (C=O) groups excluding carboxylic acids is 4. The summed E-state index contributed by atoms with van der Waals surface area (Å²) in [5, 5.41) is 7.97. The van der Waals surface area contributed by atoms with Crippen LogP contribution in [0, 0.1) is 0 Å². The van der Waals surface area contributed by atoms with Gasteiger partial charge in [-0.3, -0.25) is 24.2 Å². The summed E-state index contributed by atoms with van der Waals surface area (Å²) in [6.45, 7) is 5.14. The highest BCUT2D eigenvalue weighted by Crippen LogP contribution is 2.28. The number of nitrogens with one attached hydrogen (secondary N) is 2. The summed E-state index contributed by atoms with van der Waals surface area (Å²) in [5.41, 5.74) is 1.38. The van der Waals surface area contributed by atoms with Crippen LogP contribution >= 0.6 is 0 Å². The number of fused-ring (bicyclic) bond motifs is 1. The zero-order valence-corrected chi connectivity index (χ0v) is 21.3. The van der Waals surface area contributed by atoms with Crippen molar-refractivity contribution >= 4 is 23.6 Å². The Morgan fingerprint density at radius 2 is 1.61 bits per heavy atom. The molecule has 0 radical (unpaired) electrons. The van der Waals surface area contributed by atoms with Crippen molar-refractivity contribution < 1.29 is 28.7 Å². The summed E-state index contributed by atoms with van der Waals surface area (Å²) in [5.74, 6) is -0.650. The second kappa shape index (κ2) is 11.1. The van der Waals surface area contributed by atoms with Gasteiger partial charge in [0.15, 0.2) is 0 Å². The zero-order valence-electron chi connectivity index (χ0n) is 21.3. The largest absolute Gasteiger partial charge is 0.497 e. The van der Waals surface area contributed by atoms with Crippen molar-refractivity contribution in [3.05, 3.63) is 59.2 Å². The van der Waals surface area contributed by atoms with Crippen LogP contribution in [0.25, 0.3) is 0 Å². The molecule has 10 nitrogen and oxygen atoms in total. The highest BCUT2D eigenvalue weighted by Gasteiger charge is 2.39. The normalized spacial score (nSPS) is 16.2. The van der Waals surface area contributed by atoms with E-state index in [4.69, 9.17) is 9.47 Å². The smallest absolute Gasteiger partial charge is 0.273 e. The fourth-order valence-corrected chi connectivity index (χ4v) is 4.13. The number of likely N-dealkylation sites (N-methyl/N-ethyl adjacent to an activating group) is 1. The number of ether oxygens (including phenoxy) is 2. The molecule has 0 saturated heterocycles. The number of benzene rings is 2. The number of hydrogen-bond acceptors (Lipinski definition) is 6. The highest BCUT2D eigenvalue weighted by atomic mass is 16.5. The van der Waals surface area contributed by atoms with Crippen LogP contribution in [0.15, 0.2) is 42.5 Å². The van der Waals surface area contributed by atoms with Crippen LogP contribution < -0.4 is 20.1 Å². The predicted octanol–water partition coefficient (Wildman–Crippen LogP) is 1.85. The van der Waals surface area contributed by atoms with E-state index in [0.29, 0.717) is 28.2 Å². The second-order valence-corrected chi connectivity index (χ2v) is 8.82. The van der Waals surface area contributed by atoms with E-state index in [1.165, 1.54) is 38.2 Å². The van der Waals surface area contributed by atoms with Crippen molar-refractivity contribution in [1.29, 1.82) is 0 Å². The standard InChI is InChI=1S/C26H32N4O6/c1-15(2)30-25(33)21-10-8-7-9-20(21)23(26(34)29(30)4)28-24(32)16(3)27-22(31)13-17-11-18(35-5)14-19(12-17)36-6/h7-12,14-16,23H,13H2,1-6H3,(H,27,31)(H,28,32)/t16-,23?/m0/s1. The Hall–Kier alpha value is -4.08. The molecule has 1 aliphatic heterocycles. The molecule has 10 heteroatoms. The first-order valence-corrected chi connectivity index (χ1v) is 11.6. The van der Waals surface area contributed by atoms with Crippen molar-refractivity contribution in [2.75, 3.05) is 21.3 Å². The van der Waals surface area contributed by atoms with Gasteiger partial charge in [-0.25, -0.2) is 5.01 Å². The van der Waals surface area contributed by atoms with Crippen molar-refractivity contribution in [2.45, 2.75) is 45.3 Å². The molecule has 1 heterocycles. The summed E-state index contributed by atoms with van der Waals surface area (Å²) in [4.78, 5) is 52.2. The van der Waals surface area contributed by atoms with Crippen molar-refractivity contribution in [2.24, 2.45) is 0 Å². The van der Waals surface area contributed by atoms with E-state index in [2.05, 4.69) is 10.6 Å². The van der Waals surface area contributed by atoms with E-state index >= 15 is 0 Å². The maximum Gasteiger partial charge on any atom is 0.273 e. The molecule has 192 valence electrons. The molecule has 0 saturated carbocycles. The molecule has 2 aromatic carbocycles. The molecule has 1 unspecified atom stereocenters. The van der Waals surface area contributed by atoms with E-state index in [-0.39, 0.29) is 24.3 Å². The molecule has 3 rings (SSSR count). The van der Waals surface area contributed by atoms with Gasteiger partial charge in [-0.05, 0) is 50.1 Å². The molecule has 2 atom stereocenters. The number of hydrazine groups is 1. The number of hydrogen-bond donors (Lipinski definition) is 2. The molecule has 0 fully saturated rings. The topological polar surface area (TPSA) is 117 Å². The van der Waals surface area contributed by atoms with Gasteiger partial charge >= 0.3 is 0 Å². The van der Waals surface area contributed by atoms with Gasteiger partial charge in [0.2, 0.25) is 11.8 Å². The molecule has 4 amide bonds. The Kier molecular flexibility index (Phi) is 8.18. The highest BCUT2D eigenvalue weighted by molar-refractivity contribution is 6.02. The lowest BCUT2D eigenvalue weighted by atomic mass is 9.99. The average molecular weight is 497 g/mol. The fraction of sp³-hybridized carbons (Fsp3) is 0.385. The Balaban J connectivity index is 1.76. The summed E-state index contributed by atoms with van der Waals surface area (Å²) in [7, 11) is 4.53. The number of nitrogens with zero attached hydrogens (tertiary/aromatic N) is 2. The lowest BCUT2D eigenvalue weighted by molar-refractivity contribution is -0.147. The maximum atomic E-state index is 13.3. The third-order valence-electron chi connectivity index (χ3n) is 5.92. The fourth-order valence-electron chi connectivity index (χ4n) is 4.13. The molecule has 0 aromatic heterocycles. The molecular formula is C26H32N4O6. The lowest BCUT2D eigenvalue weighted by Gasteiger charge is -2.34. The summed E-state index contributed by atoms with van der Waals surface area (Å²) >= 11 is 0. The van der Waals surface area contributed by atoms with Crippen LogP contribution in [-0.4, -0.2) is 67.0 Å². The molecule has 2 N–H and O–H groups in total. The first-order valence-electron chi connectivity index (χ1n) is 11.6. The molecule has 1 aliphatic rings. The number of carbonyl (C=O) groups is 4. The van der Waals surface area contributed by atoms with Gasteiger partial charge < -0.3 is 20.1 Å². The molecule has 0 aliphatic carbocycles. The first kappa shape index (κ1) is 26.5. The van der Waals surface area contributed by atoms with E-state index in [9.17, 15) is 19.2 Å². The van der Waals surface area contributed by atoms with Gasteiger partial charge in [-0.2, -0.15) is 0 Å². The van der Waals surface area contributed by atoms with E-state index in [0.717, 1.165) is 0 Å². The van der Waals surface area contributed by atoms with Gasteiger partial charge in [0.05, 0.1) is 20.6 Å². The minimum absolute atomic E-state index is 0.00302. The Morgan fingerprint density at radius 1 is 1.00 bits per heavy atom. The average Bonchev–Trinajstić information content (AvgIpc) is 2.92.